The second-order valence-corrected chi connectivity index (χ2v) is 10.4. The number of hydrogen-bond donors (Lipinski definition) is 1. The number of nitrogens with zero attached hydrogens (tertiary/aromatic N) is 1. The van der Waals surface area contributed by atoms with E-state index in [4.69, 9.17) is 22.1 Å². The first kappa shape index (κ1) is 23.6. The fourth-order valence-electron chi connectivity index (χ4n) is 4.72. The van der Waals surface area contributed by atoms with Crippen LogP contribution in [0.15, 0.2) is 75.7 Å². The van der Waals surface area contributed by atoms with Crippen LogP contribution in [-0.2, 0) is 14.3 Å². The van der Waals surface area contributed by atoms with E-state index < -0.39 is 11.9 Å². The molecule has 0 radical (unpaired) electrons. The van der Waals surface area contributed by atoms with E-state index >= 15 is 0 Å². The van der Waals surface area contributed by atoms with Crippen LogP contribution in [0.2, 0.25) is 5.02 Å². The van der Waals surface area contributed by atoms with Crippen LogP contribution in [-0.4, -0.2) is 18.4 Å². The average molecular weight is 530 g/mol. The Morgan fingerprint density at radius 2 is 1.85 bits per heavy atom. The van der Waals surface area contributed by atoms with Crippen LogP contribution in [0.3, 0.4) is 0 Å². The topological polar surface area (TPSA) is 72.6 Å². The molecule has 172 valence electrons. The molecule has 7 heteroatoms. The molecule has 1 atom stereocenters. The molecule has 1 heterocycles. The Hall–Kier alpha value is -2.57. The van der Waals surface area contributed by atoms with Gasteiger partial charge in [-0.1, -0.05) is 59.6 Å². The van der Waals surface area contributed by atoms with Crippen LogP contribution in [0.25, 0.3) is 0 Å². The Morgan fingerprint density at radius 3 is 2.48 bits per heavy atom. The van der Waals surface area contributed by atoms with Gasteiger partial charge in [0.05, 0.1) is 18.1 Å². The number of carbonyl (C=O) groups excluding carboxylic acids is 2. The summed E-state index contributed by atoms with van der Waals surface area (Å²) in [6, 6.07) is 14.8. The quantitative estimate of drug-likeness (QED) is 0.486. The van der Waals surface area contributed by atoms with Crippen molar-refractivity contribution >= 4 is 45.0 Å². The van der Waals surface area contributed by atoms with Crippen molar-refractivity contribution in [3.63, 3.8) is 0 Å². The predicted octanol–water partition coefficient (Wildman–Crippen LogP) is 6.08. The van der Waals surface area contributed by atoms with Crippen LogP contribution in [0.5, 0.6) is 0 Å². The zero-order chi connectivity index (χ0) is 23.9. The van der Waals surface area contributed by atoms with Crippen molar-refractivity contribution in [3.8, 4) is 0 Å². The van der Waals surface area contributed by atoms with E-state index in [1.807, 2.05) is 41.3 Å². The van der Waals surface area contributed by atoms with Crippen LogP contribution in [0, 0.1) is 5.41 Å². The molecule has 2 aromatic rings. The van der Waals surface area contributed by atoms with Crippen LogP contribution in [0.4, 0.5) is 5.69 Å². The molecule has 2 N–H and O–H groups in total. The normalized spacial score (nSPS) is 20.1. The smallest absolute Gasteiger partial charge is 0.338 e. The molecule has 0 bridgehead atoms. The van der Waals surface area contributed by atoms with Gasteiger partial charge in [-0.25, -0.2) is 4.79 Å². The highest BCUT2D eigenvalue weighted by Crippen LogP contribution is 2.51. The van der Waals surface area contributed by atoms with Gasteiger partial charge in [-0.05, 0) is 54.7 Å². The number of hydrogen-bond acceptors (Lipinski definition) is 5. The number of halogens is 2. The predicted molar refractivity (Wildman–Crippen MR) is 134 cm³/mol. The largest absolute Gasteiger partial charge is 0.463 e. The lowest BCUT2D eigenvalue weighted by Gasteiger charge is -2.44. The van der Waals surface area contributed by atoms with E-state index in [-0.39, 0.29) is 29.2 Å². The summed E-state index contributed by atoms with van der Waals surface area (Å²) in [4.78, 5) is 28.8. The zero-order valence-electron chi connectivity index (χ0n) is 18.8. The highest BCUT2D eigenvalue weighted by atomic mass is 79.9. The van der Waals surface area contributed by atoms with Crippen molar-refractivity contribution in [2.45, 2.75) is 39.5 Å². The number of anilines is 1. The van der Waals surface area contributed by atoms with Gasteiger partial charge in [-0.2, -0.15) is 0 Å². The van der Waals surface area contributed by atoms with Gasteiger partial charge in [0.25, 0.3) is 0 Å². The first-order chi connectivity index (χ1) is 15.6. The number of Topliss-reactive ketones (excluding diaryl/α,β-unsaturated/α-hetero) is 1. The minimum Gasteiger partial charge on any atom is -0.463 e. The van der Waals surface area contributed by atoms with Crippen molar-refractivity contribution in [2.75, 3.05) is 11.5 Å². The third kappa shape index (κ3) is 4.34. The van der Waals surface area contributed by atoms with E-state index in [2.05, 4.69) is 29.8 Å². The zero-order valence-corrected chi connectivity index (χ0v) is 21.2. The minimum absolute atomic E-state index is 0.00950. The van der Waals surface area contributed by atoms with Gasteiger partial charge in [0.1, 0.15) is 5.82 Å². The Bertz CT molecular complexity index is 1180. The number of rotatable bonds is 4. The summed E-state index contributed by atoms with van der Waals surface area (Å²) >= 11 is 9.74. The van der Waals surface area contributed by atoms with E-state index in [1.54, 1.807) is 19.1 Å². The van der Waals surface area contributed by atoms with Crippen molar-refractivity contribution < 1.29 is 14.3 Å². The molecule has 1 unspecified atom stereocenters. The van der Waals surface area contributed by atoms with Gasteiger partial charge < -0.3 is 10.5 Å². The standard InChI is InChI=1S/C26H26BrClN2O3/c1-4-33-25(32)23-21(17-7-5-6-8-18(17)27)22-19(13-26(2,3)14-20(22)31)30(24(23)29)16-11-9-15(28)10-12-16/h5-12,21H,4,13-14,29H2,1-3H3. The van der Waals surface area contributed by atoms with E-state index in [0.29, 0.717) is 23.4 Å². The molecule has 4 rings (SSSR count). The number of esters is 1. The Labute approximate surface area is 207 Å². The SMILES string of the molecule is CCOC(=O)C1=C(N)N(c2ccc(Cl)cc2)C2=C(C(=O)CC(C)(C)C2)C1c1ccccc1Br. The molecule has 0 fully saturated rings. The lowest BCUT2D eigenvalue weighted by molar-refractivity contribution is -0.138. The third-order valence-corrected chi connectivity index (χ3v) is 7.03. The van der Waals surface area contributed by atoms with Gasteiger partial charge in [0.2, 0.25) is 0 Å². The fourth-order valence-corrected chi connectivity index (χ4v) is 5.36. The maximum atomic E-state index is 13.7. The fraction of sp³-hybridized carbons (Fsp3) is 0.308. The second kappa shape index (κ2) is 8.99. The molecular weight excluding hydrogens is 504 g/mol. The number of ether oxygens (including phenoxy) is 1. The number of nitrogens with two attached hydrogens (primary N) is 1. The van der Waals surface area contributed by atoms with E-state index in [1.165, 1.54) is 0 Å². The average Bonchev–Trinajstić information content (AvgIpc) is 2.73. The maximum Gasteiger partial charge on any atom is 0.338 e. The lowest BCUT2D eigenvalue weighted by atomic mass is 9.68. The summed E-state index contributed by atoms with van der Waals surface area (Å²) in [5, 5.41) is 0.587. The molecule has 0 spiro atoms. The van der Waals surface area contributed by atoms with Gasteiger partial charge in [-0.15, -0.1) is 0 Å². The molecule has 2 aromatic carbocycles. The molecule has 33 heavy (non-hydrogen) atoms. The van der Waals surface area contributed by atoms with Crippen molar-refractivity contribution in [2.24, 2.45) is 11.1 Å². The molecule has 1 aliphatic carbocycles. The summed E-state index contributed by atoms with van der Waals surface area (Å²) in [7, 11) is 0. The highest BCUT2D eigenvalue weighted by molar-refractivity contribution is 9.10. The number of ketones is 1. The summed E-state index contributed by atoms with van der Waals surface area (Å²) < 4.78 is 6.23. The Morgan fingerprint density at radius 1 is 1.18 bits per heavy atom. The summed E-state index contributed by atoms with van der Waals surface area (Å²) in [5.41, 5.74) is 9.72. The van der Waals surface area contributed by atoms with Gasteiger partial charge in [0, 0.05) is 32.9 Å². The molecule has 0 saturated heterocycles. The van der Waals surface area contributed by atoms with Crippen LogP contribution >= 0.6 is 27.5 Å². The Kier molecular flexibility index (Phi) is 6.43. The first-order valence-corrected chi connectivity index (χ1v) is 12.0. The van der Waals surface area contributed by atoms with E-state index in [9.17, 15) is 9.59 Å². The molecule has 0 saturated carbocycles. The second-order valence-electron chi connectivity index (χ2n) is 9.09. The number of benzene rings is 2. The van der Waals surface area contributed by atoms with E-state index in [0.717, 1.165) is 21.4 Å². The van der Waals surface area contributed by atoms with Crippen LogP contribution < -0.4 is 10.6 Å². The molecule has 1 aliphatic heterocycles. The highest BCUT2D eigenvalue weighted by Gasteiger charge is 2.47. The van der Waals surface area contributed by atoms with Crippen molar-refractivity contribution in [1.29, 1.82) is 0 Å². The molecular formula is C26H26BrClN2O3. The van der Waals surface area contributed by atoms with Gasteiger partial charge in [-0.3, -0.25) is 9.69 Å². The minimum atomic E-state index is -0.623. The van der Waals surface area contributed by atoms with Gasteiger partial charge in [0.15, 0.2) is 5.78 Å². The van der Waals surface area contributed by atoms with Crippen molar-refractivity contribution in [1.82, 2.24) is 0 Å². The lowest BCUT2D eigenvalue weighted by Crippen LogP contribution is -2.43. The molecule has 2 aliphatic rings. The van der Waals surface area contributed by atoms with Crippen molar-refractivity contribution in [3.05, 3.63) is 86.3 Å². The Balaban J connectivity index is 2.04. The number of allylic oxidation sites excluding steroid dienone is 2. The van der Waals surface area contributed by atoms with Gasteiger partial charge >= 0.3 is 5.97 Å². The molecule has 0 amide bonds. The third-order valence-electron chi connectivity index (χ3n) is 6.06. The molecule has 5 nitrogen and oxygen atoms in total. The first-order valence-electron chi connectivity index (χ1n) is 10.9. The summed E-state index contributed by atoms with van der Waals surface area (Å²) in [6.45, 7) is 6.10. The summed E-state index contributed by atoms with van der Waals surface area (Å²) in [5.74, 6) is -0.878. The summed E-state index contributed by atoms with van der Waals surface area (Å²) in [6.07, 6.45) is 1.02. The molecule has 0 aromatic heterocycles. The number of carbonyl (C=O) groups is 2. The maximum absolute atomic E-state index is 13.7. The monoisotopic (exact) mass is 528 g/mol. The van der Waals surface area contributed by atoms with Crippen LogP contribution in [0.1, 0.15) is 45.1 Å².